The summed E-state index contributed by atoms with van der Waals surface area (Å²) < 4.78 is 12.8. The van der Waals surface area contributed by atoms with Crippen LogP contribution in [-0.4, -0.2) is 10.8 Å². The van der Waals surface area contributed by atoms with E-state index in [4.69, 9.17) is 0 Å². The van der Waals surface area contributed by atoms with E-state index in [2.05, 4.69) is 4.98 Å². The minimum atomic E-state index is -0.392. The number of pyridine rings is 1. The highest BCUT2D eigenvalue weighted by molar-refractivity contribution is 6.07. The lowest BCUT2D eigenvalue weighted by molar-refractivity contribution is 0.104. The number of allylic oxidation sites excluding steroid dienone is 1. The molecule has 3 nitrogen and oxygen atoms in total. The quantitative estimate of drug-likeness (QED) is 0.689. The molecule has 0 saturated carbocycles. The highest BCUT2D eigenvalue weighted by Gasteiger charge is 2.11. The van der Waals surface area contributed by atoms with Crippen molar-refractivity contribution in [3.8, 4) is 0 Å². The van der Waals surface area contributed by atoms with Crippen LogP contribution in [-0.2, 0) is 0 Å². The second kappa shape index (κ2) is 5.65. The van der Waals surface area contributed by atoms with Crippen LogP contribution < -0.4 is 5.56 Å². The number of hydrogen-bond acceptors (Lipinski definition) is 2. The molecule has 0 saturated heterocycles. The average molecular weight is 271 g/mol. The zero-order chi connectivity index (χ0) is 14.7. The van der Waals surface area contributed by atoms with E-state index in [1.165, 1.54) is 18.2 Å². The molecular weight excluding hydrogens is 257 g/mol. The summed E-state index contributed by atoms with van der Waals surface area (Å²) in [6, 6.07) is 7.50. The van der Waals surface area contributed by atoms with E-state index in [-0.39, 0.29) is 17.2 Å². The van der Waals surface area contributed by atoms with Crippen molar-refractivity contribution in [1.82, 2.24) is 4.98 Å². The minimum absolute atomic E-state index is 0.133. The molecule has 0 atom stereocenters. The molecule has 0 aliphatic rings. The molecular formula is C16H14FNO2. The number of hydrogen-bond donors (Lipinski definition) is 1. The molecule has 0 bridgehead atoms. The summed E-state index contributed by atoms with van der Waals surface area (Å²) in [4.78, 5) is 26.5. The Kier molecular flexibility index (Phi) is 3.94. The molecule has 2 rings (SSSR count). The van der Waals surface area contributed by atoms with Gasteiger partial charge < -0.3 is 4.98 Å². The van der Waals surface area contributed by atoms with Gasteiger partial charge >= 0.3 is 0 Å². The molecule has 102 valence electrons. The molecule has 1 N–H and O–H groups in total. The number of carbonyl (C=O) groups excluding carboxylic acids is 1. The maximum absolute atomic E-state index is 12.8. The van der Waals surface area contributed by atoms with Crippen molar-refractivity contribution >= 4 is 11.9 Å². The number of H-pyrrole nitrogens is 1. The SMILES string of the molecule is Cc1cc(C)c(C(=O)/C=C/c2ccc(F)cc2)c(=O)[nH]1. The van der Waals surface area contributed by atoms with Crippen LogP contribution in [0.3, 0.4) is 0 Å². The molecule has 0 aliphatic heterocycles. The Hall–Kier alpha value is -2.49. The molecule has 0 radical (unpaired) electrons. The number of aromatic amines is 1. The monoisotopic (exact) mass is 271 g/mol. The Balaban J connectivity index is 2.29. The fraction of sp³-hybridized carbons (Fsp3) is 0.125. The zero-order valence-corrected chi connectivity index (χ0v) is 11.2. The smallest absolute Gasteiger partial charge is 0.259 e. The molecule has 1 aromatic heterocycles. The van der Waals surface area contributed by atoms with Gasteiger partial charge in [0, 0.05) is 5.69 Å². The Labute approximate surface area is 115 Å². The van der Waals surface area contributed by atoms with Crippen LogP contribution in [0.1, 0.15) is 27.2 Å². The van der Waals surface area contributed by atoms with E-state index in [1.807, 2.05) is 0 Å². The van der Waals surface area contributed by atoms with Crippen LogP contribution >= 0.6 is 0 Å². The van der Waals surface area contributed by atoms with Crippen LogP contribution in [0.15, 0.2) is 41.2 Å². The number of carbonyl (C=O) groups is 1. The molecule has 0 fully saturated rings. The van der Waals surface area contributed by atoms with Gasteiger partial charge in [-0.1, -0.05) is 18.2 Å². The van der Waals surface area contributed by atoms with E-state index < -0.39 is 5.56 Å². The average Bonchev–Trinajstić information content (AvgIpc) is 2.37. The first-order valence-corrected chi connectivity index (χ1v) is 6.16. The Morgan fingerprint density at radius 1 is 1.20 bits per heavy atom. The van der Waals surface area contributed by atoms with Crippen LogP contribution in [0, 0.1) is 19.7 Å². The normalized spacial score (nSPS) is 10.9. The van der Waals surface area contributed by atoms with Crippen LogP contribution in [0.2, 0.25) is 0 Å². The standard InChI is InChI=1S/C16H14FNO2/c1-10-9-11(2)18-16(20)15(10)14(19)8-5-12-3-6-13(17)7-4-12/h3-9H,1-2H3,(H,18,20)/b8-5+. The van der Waals surface area contributed by atoms with Gasteiger partial charge in [-0.05, 0) is 49.2 Å². The van der Waals surface area contributed by atoms with Crippen LogP contribution in [0.5, 0.6) is 0 Å². The lowest BCUT2D eigenvalue weighted by Gasteiger charge is -2.02. The Morgan fingerprint density at radius 2 is 1.85 bits per heavy atom. The number of nitrogens with one attached hydrogen (secondary N) is 1. The number of ketones is 1. The zero-order valence-electron chi connectivity index (χ0n) is 11.2. The van der Waals surface area contributed by atoms with Gasteiger partial charge in [-0.2, -0.15) is 0 Å². The van der Waals surface area contributed by atoms with Gasteiger partial charge in [0.1, 0.15) is 5.82 Å². The first-order chi connectivity index (χ1) is 9.47. The largest absolute Gasteiger partial charge is 0.326 e. The molecule has 4 heteroatoms. The van der Waals surface area contributed by atoms with Gasteiger partial charge in [0.25, 0.3) is 5.56 Å². The number of aryl methyl sites for hydroxylation is 2. The summed E-state index contributed by atoms with van der Waals surface area (Å²) in [6.45, 7) is 3.48. The van der Waals surface area contributed by atoms with Crippen LogP contribution in [0.4, 0.5) is 4.39 Å². The van der Waals surface area contributed by atoms with Crippen molar-refractivity contribution in [2.45, 2.75) is 13.8 Å². The van der Waals surface area contributed by atoms with Gasteiger partial charge in [-0.3, -0.25) is 9.59 Å². The molecule has 0 aliphatic carbocycles. The van der Waals surface area contributed by atoms with E-state index in [9.17, 15) is 14.0 Å². The minimum Gasteiger partial charge on any atom is -0.326 e. The number of benzene rings is 1. The fourth-order valence-corrected chi connectivity index (χ4v) is 1.99. The van der Waals surface area contributed by atoms with Crippen molar-refractivity contribution in [3.05, 3.63) is 75.0 Å². The summed E-state index contributed by atoms with van der Waals surface area (Å²) in [5.41, 5.74) is 1.79. The number of rotatable bonds is 3. The molecule has 0 unspecified atom stereocenters. The summed E-state index contributed by atoms with van der Waals surface area (Å²) in [6.07, 6.45) is 2.88. The van der Waals surface area contributed by atoms with Crippen molar-refractivity contribution in [1.29, 1.82) is 0 Å². The number of halogens is 1. The third-order valence-corrected chi connectivity index (χ3v) is 2.91. The molecule has 0 amide bonds. The molecule has 0 spiro atoms. The number of aromatic nitrogens is 1. The maximum atomic E-state index is 12.8. The highest BCUT2D eigenvalue weighted by Crippen LogP contribution is 2.08. The highest BCUT2D eigenvalue weighted by atomic mass is 19.1. The van der Waals surface area contributed by atoms with Crippen molar-refractivity contribution < 1.29 is 9.18 Å². The molecule has 1 aromatic carbocycles. The van der Waals surface area contributed by atoms with Gasteiger partial charge in [0.05, 0.1) is 5.56 Å². The second-order valence-electron chi connectivity index (χ2n) is 4.59. The van der Waals surface area contributed by atoms with Gasteiger partial charge in [0.15, 0.2) is 5.78 Å². The molecule has 1 heterocycles. The van der Waals surface area contributed by atoms with Crippen LogP contribution in [0.25, 0.3) is 6.08 Å². The fourth-order valence-electron chi connectivity index (χ4n) is 1.99. The van der Waals surface area contributed by atoms with Crippen molar-refractivity contribution in [3.63, 3.8) is 0 Å². The first kappa shape index (κ1) is 13.9. The van der Waals surface area contributed by atoms with Crippen molar-refractivity contribution in [2.75, 3.05) is 0 Å². The first-order valence-electron chi connectivity index (χ1n) is 6.16. The van der Waals surface area contributed by atoms with Crippen molar-refractivity contribution in [2.24, 2.45) is 0 Å². The molecule has 2 aromatic rings. The van der Waals surface area contributed by atoms with E-state index in [0.29, 0.717) is 16.8 Å². The Bertz CT molecular complexity index is 727. The molecule has 20 heavy (non-hydrogen) atoms. The topological polar surface area (TPSA) is 49.9 Å². The lowest BCUT2D eigenvalue weighted by Crippen LogP contribution is -2.19. The van der Waals surface area contributed by atoms with E-state index in [1.54, 1.807) is 38.1 Å². The maximum Gasteiger partial charge on any atom is 0.259 e. The Morgan fingerprint density at radius 3 is 2.45 bits per heavy atom. The third kappa shape index (κ3) is 3.09. The van der Waals surface area contributed by atoms with Gasteiger partial charge in [-0.25, -0.2) is 4.39 Å². The summed E-state index contributed by atoms with van der Waals surface area (Å²) in [5.74, 6) is -0.702. The predicted octanol–water partition coefficient (Wildman–Crippen LogP) is 3.03. The van der Waals surface area contributed by atoms with E-state index in [0.717, 1.165) is 0 Å². The lowest BCUT2D eigenvalue weighted by atomic mass is 10.1. The summed E-state index contributed by atoms with van der Waals surface area (Å²) >= 11 is 0. The van der Waals surface area contributed by atoms with E-state index >= 15 is 0 Å². The predicted molar refractivity (Wildman–Crippen MR) is 76.3 cm³/mol. The third-order valence-electron chi connectivity index (χ3n) is 2.91. The summed E-state index contributed by atoms with van der Waals surface area (Å²) in [5, 5.41) is 0. The summed E-state index contributed by atoms with van der Waals surface area (Å²) in [7, 11) is 0. The van der Waals surface area contributed by atoms with Gasteiger partial charge in [-0.15, -0.1) is 0 Å². The second-order valence-corrected chi connectivity index (χ2v) is 4.59. The van der Waals surface area contributed by atoms with Gasteiger partial charge in [0.2, 0.25) is 0 Å².